The second kappa shape index (κ2) is 6.88. The maximum absolute atomic E-state index is 11.3. The van der Waals surface area contributed by atoms with E-state index in [-0.39, 0.29) is 27.4 Å². The second-order valence-corrected chi connectivity index (χ2v) is 16.6. The zero-order valence-electron chi connectivity index (χ0n) is 13.4. The van der Waals surface area contributed by atoms with Crippen molar-refractivity contribution in [3.05, 3.63) is 0 Å². The van der Waals surface area contributed by atoms with Gasteiger partial charge in [0.25, 0.3) is 0 Å². The molecule has 0 saturated heterocycles. The smallest absolute Gasteiger partial charge is 0.858 e. The molecule has 0 spiro atoms. The summed E-state index contributed by atoms with van der Waals surface area (Å²) in [5, 5.41) is 0.0417. The van der Waals surface area contributed by atoms with Gasteiger partial charge in [-0.3, -0.25) is 0 Å². The summed E-state index contributed by atoms with van der Waals surface area (Å²) < 4.78 is 0. The van der Waals surface area contributed by atoms with Crippen LogP contribution >= 0.6 is 0 Å². The minimum Gasteiger partial charge on any atom is -0.858 e. The summed E-state index contributed by atoms with van der Waals surface area (Å²) in [6.45, 7) is 19.5. The van der Waals surface area contributed by atoms with Crippen LogP contribution in [-0.4, -0.2) is 34.0 Å². The third-order valence-corrected chi connectivity index (χ3v) is 10.8. The van der Waals surface area contributed by atoms with Crippen molar-refractivity contribution in [3.63, 3.8) is 0 Å². The van der Waals surface area contributed by atoms with E-state index in [4.69, 9.17) is 0 Å². The fourth-order valence-electron chi connectivity index (χ4n) is 0. The van der Waals surface area contributed by atoms with Crippen molar-refractivity contribution in [2.24, 2.45) is 0 Å². The predicted octanol–water partition coefficient (Wildman–Crippen LogP) is 2.32. The molecule has 0 aliphatic rings. The van der Waals surface area contributed by atoms with Crippen molar-refractivity contribution in [1.29, 1.82) is 0 Å². The van der Waals surface area contributed by atoms with Crippen LogP contribution in [0.1, 0.15) is 41.5 Å². The molecular weight excluding hydrogens is 259 g/mol. The van der Waals surface area contributed by atoms with E-state index in [0.29, 0.717) is 0 Å². The molecule has 0 atom stereocenters. The van der Waals surface area contributed by atoms with Gasteiger partial charge in [-0.15, -0.1) is 0 Å². The standard InChI is InChI=1S/2C6H15OSi.Al/c2*1-6(2,3)8(4,5)7;/h2*1-5H3;/q2*-1;+2. The topological polar surface area (TPSA) is 46.1 Å². The fourth-order valence-corrected chi connectivity index (χ4v) is 0. The molecule has 0 aromatic heterocycles. The quantitative estimate of drug-likeness (QED) is 0.643. The number of hydrogen-bond acceptors (Lipinski definition) is 2. The van der Waals surface area contributed by atoms with Crippen LogP contribution in [0.5, 0.6) is 0 Å². The molecule has 0 fully saturated rings. The Morgan fingerprint density at radius 2 is 0.647 bits per heavy atom. The van der Waals surface area contributed by atoms with E-state index in [2.05, 4.69) is 0 Å². The van der Waals surface area contributed by atoms with Gasteiger partial charge in [0.15, 0.2) is 0 Å². The number of hydrogen-bond donors (Lipinski definition) is 0. The molecule has 0 rings (SSSR count). The van der Waals surface area contributed by atoms with E-state index < -0.39 is 16.6 Å². The summed E-state index contributed by atoms with van der Waals surface area (Å²) in [5.74, 6) is 0. The van der Waals surface area contributed by atoms with Gasteiger partial charge in [-0.2, -0.15) is 0 Å². The van der Waals surface area contributed by atoms with Crippen molar-refractivity contribution >= 4 is 34.0 Å². The minimum atomic E-state index is -2.11. The van der Waals surface area contributed by atoms with Gasteiger partial charge in [0, 0.05) is 0 Å². The van der Waals surface area contributed by atoms with Crippen molar-refractivity contribution in [3.8, 4) is 0 Å². The van der Waals surface area contributed by atoms with Gasteiger partial charge < -0.3 is 9.59 Å². The molecule has 0 N–H and O–H groups in total. The first-order valence-electron chi connectivity index (χ1n) is 5.91. The Balaban J connectivity index is -0.000000218. The van der Waals surface area contributed by atoms with Crippen LogP contribution < -0.4 is 9.59 Å². The first kappa shape index (κ1) is 23.0. The Morgan fingerprint density at radius 3 is 0.647 bits per heavy atom. The molecule has 0 aromatic rings. The maximum Gasteiger partial charge on any atom is 2.00 e. The SMILES string of the molecule is CC(C)(C)[Si](C)(C)[O-].CC(C)(C)[Si](C)(C)[O-].[Al+2]. The molecule has 0 unspecified atom stereocenters. The summed E-state index contributed by atoms with van der Waals surface area (Å²) in [6.07, 6.45) is 0. The van der Waals surface area contributed by atoms with Crippen LogP contribution in [0.25, 0.3) is 0 Å². The van der Waals surface area contributed by atoms with E-state index >= 15 is 0 Å². The van der Waals surface area contributed by atoms with E-state index in [9.17, 15) is 9.59 Å². The summed E-state index contributed by atoms with van der Waals surface area (Å²) in [6, 6.07) is 0. The van der Waals surface area contributed by atoms with Crippen LogP contribution in [0.3, 0.4) is 0 Å². The van der Waals surface area contributed by atoms with Crippen molar-refractivity contribution < 1.29 is 9.59 Å². The van der Waals surface area contributed by atoms with Gasteiger partial charge in [0.1, 0.15) is 0 Å². The number of rotatable bonds is 0. The Labute approximate surface area is 121 Å². The van der Waals surface area contributed by atoms with Crippen molar-refractivity contribution in [2.75, 3.05) is 0 Å². The Bertz CT molecular complexity index is 157. The molecule has 101 valence electrons. The molecule has 2 nitrogen and oxygen atoms in total. The van der Waals surface area contributed by atoms with Crippen LogP contribution in [0.2, 0.25) is 36.3 Å². The van der Waals surface area contributed by atoms with Gasteiger partial charge >= 0.3 is 17.4 Å². The van der Waals surface area contributed by atoms with Crippen LogP contribution in [0.15, 0.2) is 0 Å². The minimum absolute atomic E-state index is 0. The van der Waals surface area contributed by atoms with E-state index in [1.807, 2.05) is 67.7 Å². The summed E-state index contributed by atoms with van der Waals surface area (Å²) in [7, 11) is -4.22. The largest absolute Gasteiger partial charge is 2.00 e. The zero-order chi connectivity index (χ0) is 14.0. The maximum atomic E-state index is 11.3. The van der Waals surface area contributed by atoms with Gasteiger partial charge in [-0.25, -0.2) is 0 Å². The summed E-state index contributed by atoms with van der Waals surface area (Å²) >= 11 is 0. The third-order valence-electron chi connectivity index (χ3n) is 3.61. The first-order chi connectivity index (χ1) is 6.50. The summed E-state index contributed by atoms with van der Waals surface area (Å²) in [5.41, 5.74) is 0. The molecule has 0 amide bonds. The third kappa shape index (κ3) is 10.5. The zero-order valence-corrected chi connectivity index (χ0v) is 16.5. The molecule has 0 aromatic carbocycles. The average Bonchev–Trinajstić information content (AvgIpc) is 1.77. The second-order valence-electron chi connectivity index (χ2n) is 7.52. The normalized spacial score (nSPS) is 13.4. The van der Waals surface area contributed by atoms with Crippen molar-refractivity contribution in [1.82, 2.24) is 0 Å². The van der Waals surface area contributed by atoms with E-state index in [1.165, 1.54) is 0 Å². The Hall–Kier alpha value is 0.886. The fraction of sp³-hybridized carbons (Fsp3) is 1.00. The molecule has 1 radical (unpaired) electrons. The molecule has 0 heterocycles. The van der Waals surface area contributed by atoms with Gasteiger partial charge in [-0.05, 0) is 16.6 Å². The monoisotopic (exact) mass is 289 g/mol. The summed E-state index contributed by atoms with van der Waals surface area (Å²) in [4.78, 5) is 22.5. The van der Waals surface area contributed by atoms with Gasteiger partial charge in [-0.1, -0.05) is 77.8 Å². The molecule has 0 aliphatic heterocycles. The Morgan fingerprint density at radius 1 is 0.588 bits per heavy atom. The average molecular weight is 290 g/mol. The molecule has 17 heavy (non-hydrogen) atoms. The molecular formula is C12H30AlO2Si2. The van der Waals surface area contributed by atoms with Gasteiger partial charge in [0.05, 0.1) is 0 Å². The predicted molar refractivity (Wildman–Crippen MR) is 80.1 cm³/mol. The van der Waals surface area contributed by atoms with Gasteiger partial charge in [0.2, 0.25) is 0 Å². The van der Waals surface area contributed by atoms with E-state index in [1.54, 1.807) is 0 Å². The Kier molecular flexibility index (Phi) is 9.32. The first-order valence-corrected chi connectivity index (χ1v) is 11.7. The molecule has 0 bridgehead atoms. The molecule has 5 heteroatoms. The van der Waals surface area contributed by atoms with Crippen LogP contribution in [-0.2, 0) is 0 Å². The van der Waals surface area contributed by atoms with Crippen molar-refractivity contribution in [2.45, 2.75) is 77.8 Å². The van der Waals surface area contributed by atoms with Crippen LogP contribution in [0, 0.1) is 0 Å². The van der Waals surface area contributed by atoms with E-state index in [0.717, 1.165) is 0 Å². The van der Waals surface area contributed by atoms with Crippen LogP contribution in [0.4, 0.5) is 0 Å². The molecule has 0 aliphatic carbocycles. The molecule has 0 saturated carbocycles.